The van der Waals surface area contributed by atoms with Crippen LogP contribution in [0.1, 0.15) is 18.5 Å². The molecule has 0 bridgehead atoms. The van der Waals surface area contributed by atoms with E-state index >= 15 is 0 Å². The van der Waals surface area contributed by atoms with Crippen LogP contribution in [0.4, 0.5) is 17.6 Å². The zero-order chi connectivity index (χ0) is 13.9. The van der Waals surface area contributed by atoms with E-state index in [2.05, 4.69) is 21.2 Å². The van der Waals surface area contributed by atoms with E-state index in [0.717, 1.165) is 0 Å². The summed E-state index contributed by atoms with van der Waals surface area (Å²) in [7, 11) is 0. The molecule has 1 rings (SSSR count). The Morgan fingerprint density at radius 2 is 2.00 bits per heavy atom. The molecule has 0 amide bonds. The molecule has 2 nitrogen and oxygen atoms in total. The normalized spacial score (nSPS) is 15.5. The molecule has 0 aliphatic rings. The first-order valence-electron chi connectivity index (χ1n) is 5.15. The summed E-state index contributed by atoms with van der Waals surface area (Å²) in [6.07, 6.45) is -7.06. The zero-order valence-electron chi connectivity index (χ0n) is 9.43. The summed E-state index contributed by atoms with van der Waals surface area (Å²) in [5.74, 6) is -0.437. The van der Waals surface area contributed by atoms with Crippen LogP contribution >= 0.6 is 15.9 Å². The van der Waals surface area contributed by atoms with Gasteiger partial charge in [-0.25, -0.2) is 4.39 Å². The Kier molecular flexibility index (Phi) is 5.12. The van der Waals surface area contributed by atoms with Crippen LogP contribution in [0.5, 0.6) is 0 Å². The highest BCUT2D eigenvalue weighted by Crippen LogP contribution is 2.25. The largest absolute Gasteiger partial charge is 0.415 e. The van der Waals surface area contributed by atoms with Crippen molar-refractivity contribution >= 4 is 15.9 Å². The minimum absolute atomic E-state index is 0.437. The summed E-state index contributed by atoms with van der Waals surface area (Å²) in [5, 5.41) is 11.4. The van der Waals surface area contributed by atoms with E-state index in [9.17, 15) is 17.6 Å². The molecular formula is C11H12BrF4NO. The topological polar surface area (TPSA) is 32.3 Å². The van der Waals surface area contributed by atoms with E-state index in [1.807, 2.05) is 0 Å². The molecule has 0 radical (unpaired) electrons. The van der Waals surface area contributed by atoms with Crippen LogP contribution in [0.15, 0.2) is 22.7 Å². The van der Waals surface area contributed by atoms with E-state index in [0.29, 0.717) is 10.0 Å². The number of benzene rings is 1. The lowest BCUT2D eigenvalue weighted by Gasteiger charge is -2.20. The third kappa shape index (κ3) is 4.22. The van der Waals surface area contributed by atoms with Crippen LogP contribution in [0, 0.1) is 5.82 Å². The first kappa shape index (κ1) is 15.4. The van der Waals surface area contributed by atoms with Gasteiger partial charge >= 0.3 is 6.18 Å². The number of aliphatic hydroxyl groups is 1. The molecule has 0 fully saturated rings. The summed E-state index contributed by atoms with van der Waals surface area (Å²) >= 11 is 3.13. The second kappa shape index (κ2) is 5.99. The van der Waals surface area contributed by atoms with Gasteiger partial charge in [-0.2, -0.15) is 13.2 Å². The Morgan fingerprint density at radius 3 is 2.50 bits per heavy atom. The van der Waals surface area contributed by atoms with Gasteiger partial charge in [0.05, 0.1) is 0 Å². The SMILES string of the molecule is CC(NCC(O)C(F)(F)F)c1ccc(F)cc1Br. The van der Waals surface area contributed by atoms with Gasteiger partial charge in [0.1, 0.15) is 5.82 Å². The first-order valence-corrected chi connectivity index (χ1v) is 5.94. The van der Waals surface area contributed by atoms with Crippen molar-refractivity contribution in [1.29, 1.82) is 0 Å². The summed E-state index contributed by atoms with van der Waals surface area (Å²) in [4.78, 5) is 0. The van der Waals surface area contributed by atoms with Gasteiger partial charge in [0.2, 0.25) is 0 Å². The van der Waals surface area contributed by atoms with Crippen LogP contribution in [-0.2, 0) is 0 Å². The molecule has 0 saturated heterocycles. The Morgan fingerprint density at radius 1 is 1.39 bits per heavy atom. The van der Waals surface area contributed by atoms with Crippen molar-refractivity contribution in [3.05, 3.63) is 34.1 Å². The Balaban J connectivity index is 2.63. The maximum Gasteiger partial charge on any atom is 0.415 e. The van der Waals surface area contributed by atoms with Crippen molar-refractivity contribution in [3.63, 3.8) is 0 Å². The average Bonchev–Trinajstić information content (AvgIpc) is 2.24. The summed E-state index contributed by atoms with van der Waals surface area (Å²) in [6, 6.07) is 3.47. The molecule has 1 aromatic carbocycles. The van der Waals surface area contributed by atoms with Crippen molar-refractivity contribution in [3.8, 4) is 0 Å². The van der Waals surface area contributed by atoms with Crippen LogP contribution < -0.4 is 5.32 Å². The van der Waals surface area contributed by atoms with Gasteiger partial charge in [0.15, 0.2) is 6.10 Å². The molecule has 0 spiro atoms. The number of aliphatic hydroxyl groups excluding tert-OH is 1. The minimum Gasteiger partial charge on any atom is -0.382 e. The maximum atomic E-state index is 12.8. The molecule has 1 aromatic rings. The molecule has 2 unspecified atom stereocenters. The van der Waals surface area contributed by atoms with Crippen molar-refractivity contribution in [2.24, 2.45) is 0 Å². The molecule has 0 aromatic heterocycles. The van der Waals surface area contributed by atoms with E-state index in [1.165, 1.54) is 18.2 Å². The highest BCUT2D eigenvalue weighted by Gasteiger charge is 2.37. The third-order valence-electron chi connectivity index (χ3n) is 2.42. The number of halogens is 5. The quantitative estimate of drug-likeness (QED) is 0.832. The number of alkyl halides is 3. The fourth-order valence-corrected chi connectivity index (χ4v) is 2.06. The molecule has 0 saturated carbocycles. The molecule has 2 atom stereocenters. The van der Waals surface area contributed by atoms with E-state index < -0.39 is 30.7 Å². The van der Waals surface area contributed by atoms with Crippen LogP contribution in [-0.4, -0.2) is 23.9 Å². The Labute approximate surface area is 110 Å². The van der Waals surface area contributed by atoms with Gasteiger partial charge in [-0.05, 0) is 24.6 Å². The predicted molar refractivity (Wildman–Crippen MR) is 62.6 cm³/mol. The van der Waals surface area contributed by atoms with Gasteiger partial charge in [0, 0.05) is 17.1 Å². The lowest BCUT2D eigenvalue weighted by molar-refractivity contribution is -0.202. The lowest BCUT2D eigenvalue weighted by Crippen LogP contribution is -2.39. The Bertz CT molecular complexity index is 411. The van der Waals surface area contributed by atoms with Gasteiger partial charge < -0.3 is 10.4 Å². The number of hydrogen-bond donors (Lipinski definition) is 2. The molecular weight excluding hydrogens is 318 g/mol. The molecule has 0 aliphatic carbocycles. The Hall–Kier alpha value is -0.660. The monoisotopic (exact) mass is 329 g/mol. The van der Waals surface area contributed by atoms with Crippen LogP contribution in [0.3, 0.4) is 0 Å². The molecule has 2 N–H and O–H groups in total. The molecule has 102 valence electrons. The van der Waals surface area contributed by atoms with Crippen LogP contribution in [0.2, 0.25) is 0 Å². The number of hydrogen-bond acceptors (Lipinski definition) is 2. The van der Waals surface area contributed by atoms with Gasteiger partial charge in [-0.1, -0.05) is 22.0 Å². The van der Waals surface area contributed by atoms with E-state index in [-0.39, 0.29) is 0 Å². The zero-order valence-corrected chi connectivity index (χ0v) is 11.0. The van der Waals surface area contributed by atoms with Crippen molar-refractivity contribution in [1.82, 2.24) is 5.32 Å². The smallest absolute Gasteiger partial charge is 0.382 e. The van der Waals surface area contributed by atoms with E-state index in [1.54, 1.807) is 6.92 Å². The van der Waals surface area contributed by atoms with E-state index in [4.69, 9.17) is 5.11 Å². The average molecular weight is 330 g/mol. The second-order valence-electron chi connectivity index (χ2n) is 3.85. The maximum absolute atomic E-state index is 12.8. The molecule has 0 aliphatic heterocycles. The van der Waals surface area contributed by atoms with Crippen molar-refractivity contribution in [2.75, 3.05) is 6.54 Å². The highest BCUT2D eigenvalue weighted by molar-refractivity contribution is 9.10. The molecule has 7 heteroatoms. The molecule has 0 heterocycles. The molecule has 18 heavy (non-hydrogen) atoms. The van der Waals surface area contributed by atoms with Crippen molar-refractivity contribution in [2.45, 2.75) is 25.2 Å². The third-order valence-corrected chi connectivity index (χ3v) is 3.11. The van der Waals surface area contributed by atoms with Gasteiger partial charge in [-0.15, -0.1) is 0 Å². The predicted octanol–water partition coefficient (Wildman–Crippen LogP) is 3.16. The van der Waals surface area contributed by atoms with Gasteiger partial charge in [-0.3, -0.25) is 0 Å². The second-order valence-corrected chi connectivity index (χ2v) is 4.71. The van der Waals surface area contributed by atoms with Gasteiger partial charge in [0.25, 0.3) is 0 Å². The number of nitrogens with one attached hydrogen (secondary N) is 1. The van der Waals surface area contributed by atoms with Crippen molar-refractivity contribution < 1.29 is 22.7 Å². The summed E-state index contributed by atoms with van der Waals surface area (Å²) in [5.41, 5.74) is 0.616. The lowest BCUT2D eigenvalue weighted by atomic mass is 10.1. The highest BCUT2D eigenvalue weighted by atomic mass is 79.9. The standard InChI is InChI=1S/C11H12BrF4NO/c1-6(17-5-10(18)11(14,15)16)8-3-2-7(13)4-9(8)12/h2-4,6,10,17-18H,5H2,1H3. The first-order chi connectivity index (χ1) is 8.21. The summed E-state index contributed by atoms with van der Waals surface area (Å²) in [6.45, 7) is 1.01. The fourth-order valence-electron chi connectivity index (χ4n) is 1.37. The summed E-state index contributed by atoms with van der Waals surface area (Å²) < 4.78 is 49.6. The fraction of sp³-hybridized carbons (Fsp3) is 0.455. The minimum atomic E-state index is -4.65. The number of rotatable bonds is 4. The van der Waals surface area contributed by atoms with Crippen LogP contribution in [0.25, 0.3) is 0 Å².